The molecule has 2 unspecified atom stereocenters. The van der Waals surface area contributed by atoms with E-state index in [1.54, 1.807) is 5.43 Å². The average Bonchev–Trinajstić information content (AvgIpc) is 2.24. The first-order valence-electron chi connectivity index (χ1n) is 5.24. The summed E-state index contributed by atoms with van der Waals surface area (Å²) in [6, 6.07) is -1.02. The van der Waals surface area contributed by atoms with E-state index in [0.29, 0.717) is 12.8 Å². The molecule has 0 aliphatic heterocycles. The van der Waals surface area contributed by atoms with Crippen LogP contribution in [-0.2, 0) is 4.79 Å². The SMILES string of the molecule is NC(=O)NNC(=O)C1CCCCC1C(F)(F)F. The summed E-state index contributed by atoms with van der Waals surface area (Å²) in [6.45, 7) is 0. The van der Waals surface area contributed by atoms with Gasteiger partial charge < -0.3 is 5.73 Å². The lowest BCUT2D eigenvalue weighted by molar-refractivity contribution is -0.198. The first-order chi connectivity index (χ1) is 7.82. The fourth-order valence-electron chi connectivity index (χ4n) is 2.05. The van der Waals surface area contributed by atoms with E-state index in [0.717, 1.165) is 0 Å². The van der Waals surface area contributed by atoms with E-state index in [9.17, 15) is 22.8 Å². The number of alkyl halides is 3. The first kappa shape index (κ1) is 13.6. The summed E-state index contributed by atoms with van der Waals surface area (Å²) in [5, 5.41) is 0. The van der Waals surface area contributed by atoms with Gasteiger partial charge in [-0.3, -0.25) is 10.2 Å². The Bertz CT molecular complexity index is 306. The van der Waals surface area contributed by atoms with Gasteiger partial charge in [-0.25, -0.2) is 10.2 Å². The van der Waals surface area contributed by atoms with Crippen molar-refractivity contribution >= 4 is 11.9 Å². The summed E-state index contributed by atoms with van der Waals surface area (Å²) in [5.41, 5.74) is 8.38. The number of hydrazine groups is 1. The van der Waals surface area contributed by atoms with Gasteiger partial charge in [0.15, 0.2) is 0 Å². The van der Waals surface area contributed by atoms with Crippen LogP contribution in [0.15, 0.2) is 0 Å². The maximum absolute atomic E-state index is 12.7. The van der Waals surface area contributed by atoms with Crippen LogP contribution in [0.4, 0.5) is 18.0 Å². The highest BCUT2D eigenvalue weighted by Gasteiger charge is 2.48. The molecule has 3 amide bonds. The van der Waals surface area contributed by atoms with Crippen molar-refractivity contribution in [3.05, 3.63) is 0 Å². The van der Waals surface area contributed by atoms with E-state index in [1.807, 2.05) is 5.43 Å². The lowest BCUT2D eigenvalue weighted by atomic mass is 9.78. The van der Waals surface area contributed by atoms with Crippen LogP contribution in [0.25, 0.3) is 0 Å². The molecule has 1 saturated carbocycles. The molecule has 2 atom stereocenters. The predicted molar refractivity (Wildman–Crippen MR) is 52.4 cm³/mol. The Balaban J connectivity index is 2.64. The molecule has 0 heterocycles. The van der Waals surface area contributed by atoms with Crippen molar-refractivity contribution in [2.24, 2.45) is 17.6 Å². The fourth-order valence-corrected chi connectivity index (χ4v) is 2.05. The molecular formula is C9H14F3N3O2. The summed E-state index contributed by atoms with van der Waals surface area (Å²) in [6.07, 6.45) is -3.26. The van der Waals surface area contributed by atoms with E-state index < -0.39 is 30.0 Å². The molecule has 0 bridgehead atoms. The molecule has 0 saturated heterocycles. The summed E-state index contributed by atoms with van der Waals surface area (Å²) in [7, 11) is 0. The lowest BCUT2D eigenvalue weighted by Crippen LogP contribution is -2.50. The normalized spacial score (nSPS) is 25.1. The number of hydrogen-bond donors (Lipinski definition) is 3. The van der Waals surface area contributed by atoms with Crippen LogP contribution in [0.1, 0.15) is 25.7 Å². The number of primary amides is 1. The largest absolute Gasteiger partial charge is 0.392 e. The van der Waals surface area contributed by atoms with E-state index in [1.165, 1.54) is 0 Å². The van der Waals surface area contributed by atoms with Crippen LogP contribution in [0.2, 0.25) is 0 Å². The number of urea groups is 1. The third-order valence-corrected chi connectivity index (χ3v) is 2.83. The molecule has 0 aromatic heterocycles. The highest BCUT2D eigenvalue weighted by atomic mass is 19.4. The maximum Gasteiger partial charge on any atom is 0.392 e. The second-order valence-corrected chi connectivity index (χ2v) is 4.02. The first-order valence-corrected chi connectivity index (χ1v) is 5.24. The Hall–Kier alpha value is -1.47. The Morgan fingerprint density at radius 2 is 1.71 bits per heavy atom. The zero-order valence-electron chi connectivity index (χ0n) is 9.01. The molecule has 1 fully saturated rings. The van der Waals surface area contributed by atoms with Gasteiger partial charge in [-0.2, -0.15) is 13.2 Å². The molecule has 17 heavy (non-hydrogen) atoms. The van der Waals surface area contributed by atoms with Crippen molar-refractivity contribution in [3.63, 3.8) is 0 Å². The molecule has 0 spiro atoms. The molecule has 1 aliphatic rings. The van der Waals surface area contributed by atoms with Crippen LogP contribution >= 0.6 is 0 Å². The highest BCUT2D eigenvalue weighted by molar-refractivity contribution is 5.82. The molecule has 0 aromatic carbocycles. The summed E-state index contributed by atoms with van der Waals surface area (Å²) in [5.74, 6) is -3.65. The summed E-state index contributed by atoms with van der Waals surface area (Å²) in [4.78, 5) is 21.8. The molecule has 1 rings (SSSR count). The zero-order valence-corrected chi connectivity index (χ0v) is 9.01. The Morgan fingerprint density at radius 1 is 1.12 bits per heavy atom. The van der Waals surface area contributed by atoms with Crippen molar-refractivity contribution in [2.45, 2.75) is 31.9 Å². The summed E-state index contributed by atoms with van der Waals surface area (Å²) < 4.78 is 38.0. The Morgan fingerprint density at radius 3 is 2.24 bits per heavy atom. The molecule has 98 valence electrons. The van der Waals surface area contributed by atoms with Gasteiger partial charge in [0.1, 0.15) is 0 Å². The smallest absolute Gasteiger partial charge is 0.350 e. The quantitative estimate of drug-likeness (QED) is 0.610. The molecular weight excluding hydrogens is 239 g/mol. The molecule has 8 heteroatoms. The van der Waals surface area contributed by atoms with Crippen molar-refractivity contribution in [3.8, 4) is 0 Å². The molecule has 0 aromatic rings. The number of rotatable bonds is 1. The van der Waals surface area contributed by atoms with Gasteiger partial charge in [-0.15, -0.1) is 0 Å². The van der Waals surface area contributed by atoms with Crippen LogP contribution < -0.4 is 16.6 Å². The number of amides is 3. The minimum absolute atomic E-state index is 0.0574. The number of halogens is 3. The lowest BCUT2D eigenvalue weighted by Gasteiger charge is -2.31. The van der Waals surface area contributed by atoms with Crippen molar-refractivity contribution < 1.29 is 22.8 Å². The third-order valence-electron chi connectivity index (χ3n) is 2.83. The predicted octanol–water partition coefficient (Wildman–Crippen LogP) is 1.05. The Kier molecular flexibility index (Phi) is 4.19. The monoisotopic (exact) mass is 253 g/mol. The van der Waals surface area contributed by atoms with Gasteiger partial charge in [-0.1, -0.05) is 12.8 Å². The van der Waals surface area contributed by atoms with E-state index in [2.05, 4.69) is 0 Å². The maximum atomic E-state index is 12.7. The van der Waals surface area contributed by atoms with Crippen LogP contribution in [0.3, 0.4) is 0 Å². The number of carbonyl (C=O) groups excluding carboxylic acids is 2. The summed E-state index contributed by atoms with van der Waals surface area (Å²) >= 11 is 0. The number of hydrogen-bond acceptors (Lipinski definition) is 2. The van der Waals surface area contributed by atoms with Crippen LogP contribution in [-0.4, -0.2) is 18.1 Å². The number of nitrogens with two attached hydrogens (primary N) is 1. The zero-order chi connectivity index (χ0) is 13.1. The van der Waals surface area contributed by atoms with Crippen LogP contribution in [0.5, 0.6) is 0 Å². The molecule has 5 nitrogen and oxygen atoms in total. The standard InChI is InChI=1S/C9H14F3N3O2/c10-9(11,12)6-4-2-1-3-5(6)7(16)14-15-8(13)17/h5-6H,1-4H2,(H,14,16)(H3,13,15,17). The Labute approximate surface area is 95.9 Å². The van der Waals surface area contributed by atoms with E-state index in [4.69, 9.17) is 5.73 Å². The van der Waals surface area contributed by atoms with Gasteiger partial charge in [0.05, 0.1) is 11.8 Å². The number of carbonyl (C=O) groups is 2. The van der Waals surface area contributed by atoms with Crippen molar-refractivity contribution in [1.29, 1.82) is 0 Å². The van der Waals surface area contributed by atoms with Gasteiger partial charge in [-0.05, 0) is 12.8 Å². The van der Waals surface area contributed by atoms with Crippen molar-refractivity contribution in [1.82, 2.24) is 10.9 Å². The minimum atomic E-state index is -4.39. The third kappa shape index (κ3) is 3.79. The van der Waals surface area contributed by atoms with Gasteiger partial charge >= 0.3 is 12.2 Å². The van der Waals surface area contributed by atoms with Gasteiger partial charge in [0.2, 0.25) is 5.91 Å². The second kappa shape index (κ2) is 5.24. The molecule has 4 N–H and O–H groups in total. The fraction of sp³-hybridized carbons (Fsp3) is 0.778. The molecule has 1 aliphatic carbocycles. The molecule has 0 radical (unpaired) electrons. The average molecular weight is 253 g/mol. The highest BCUT2D eigenvalue weighted by Crippen LogP contribution is 2.41. The van der Waals surface area contributed by atoms with Gasteiger partial charge in [0.25, 0.3) is 0 Å². The van der Waals surface area contributed by atoms with Gasteiger partial charge in [0, 0.05) is 0 Å². The van der Waals surface area contributed by atoms with E-state index in [-0.39, 0.29) is 12.8 Å². The van der Waals surface area contributed by atoms with Crippen molar-refractivity contribution in [2.75, 3.05) is 0 Å². The topological polar surface area (TPSA) is 84.2 Å². The van der Waals surface area contributed by atoms with E-state index >= 15 is 0 Å². The number of nitrogens with one attached hydrogen (secondary N) is 2. The minimum Gasteiger partial charge on any atom is -0.350 e. The second-order valence-electron chi connectivity index (χ2n) is 4.02. The van der Waals surface area contributed by atoms with Crippen LogP contribution in [0, 0.1) is 11.8 Å².